The summed E-state index contributed by atoms with van der Waals surface area (Å²) in [5, 5.41) is 22.7. The molecular formula is C17H17Cl3N2O. The van der Waals surface area contributed by atoms with Crippen LogP contribution in [0.3, 0.4) is 0 Å². The highest BCUT2D eigenvalue weighted by atomic mass is 35.5. The average Bonchev–Trinajstić information content (AvgIpc) is 2.56. The van der Waals surface area contributed by atoms with Gasteiger partial charge in [0.15, 0.2) is 0 Å². The zero-order valence-corrected chi connectivity index (χ0v) is 14.6. The third kappa shape index (κ3) is 5.69. The molecule has 23 heavy (non-hydrogen) atoms. The molecule has 2 aromatic rings. The molecule has 2 rings (SSSR count). The van der Waals surface area contributed by atoms with Gasteiger partial charge in [0.2, 0.25) is 0 Å². The first kappa shape index (κ1) is 19.8. The molecule has 122 valence electrons. The van der Waals surface area contributed by atoms with E-state index in [9.17, 15) is 5.11 Å². The van der Waals surface area contributed by atoms with Gasteiger partial charge < -0.3 is 10.4 Å². The standard InChI is InChI=1S/C17H16Cl2N2O.ClH/c18-9-16(22)11-21-17(13-4-6-15(19)7-5-13)14-3-1-2-12(8-14)10-20;/h1-8,16-17,21-22H,9,11H2;1H/t16?,17-;/m0./s1. The molecule has 0 fully saturated rings. The van der Waals surface area contributed by atoms with Gasteiger partial charge in [-0.25, -0.2) is 0 Å². The minimum Gasteiger partial charge on any atom is -0.391 e. The van der Waals surface area contributed by atoms with Crippen LogP contribution in [0.1, 0.15) is 22.7 Å². The fourth-order valence-corrected chi connectivity index (χ4v) is 2.41. The molecule has 0 aliphatic carbocycles. The zero-order valence-electron chi connectivity index (χ0n) is 12.2. The van der Waals surface area contributed by atoms with Gasteiger partial charge in [-0.05, 0) is 35.4 Å². The van der Waals surface area contributed by atoms with Gasteiger partial charge in [-0.3, -0.25) is 0 Å². The molecule has 2 N–H and O–H groups in total. The van der Waals surface area contributed by atoms with Crippen molar-refractivity contribution in [1.29, 1.82) is 5.26 Å². The van der Waals surface area contributed by atoms with E-state index in [1.165, 1.54) is 0 Å². The van der Waals surface area contributed by atoms with Crippen molar-refractivity contribution in [3.8, 4) is 6.07 Å². The number of benzene rings is 2. The predicted molar refractivity (Wildman–Crippen MR) is 96.4 cm³/mol. The van der Waals surface area contributed by atoms with E-state index in [-0.39, 0.29) is 24.3 Å². The Bertz CT molecular complexity index is 656. The number of halogens is 3. The summed E-state index contributed by atoms with van der Waals surface area (Å²) in [5.74, 6) is 0.165. The number of nitrogens with one attached hydrogen (secondary N) is 1. The highest BCUT2D eigenvalue weighted by molar-refractivity contribution is 6.30. The topological polar surface area (TPSA) is 56.0 Å². The minimum atomic E-state index is -0.629. The van der Waals surface area contributed by atoms with E-state index in [0.717, 1.165) is 11.1 Å². The highest BCUT2D eigenvalue weighted by Crippen LogP contribution is 2.24. The van der Waals surface area contributed by atoms with Crippen molar-refractivity contribution in [2.24, 2.45) is 0 Å². The predicted octanol–water partition coefficient (Wildman–Crippen LogP) is 3.91. The van der Waals surface area contributed by atoms with E-state index < -0.39 is 6.10 Å². The molecule has 0 bridgehead atoms. The molecule has 0 amide bonds. The van der Waals surface area contributed by atoms with Crippen LogP contribution in [-0.2, 0) is 0 Å². The maximum absolute atomic E-state index is 9.68. The number of aliphatic hydroxyl groups excluding tert-OH is 1. The summed E-state index contributed by atoms with van der Waals surface area (Å²) < 4.78 is 0. The van der Waals surface area contributed by atoms with E-state index in [0.29, 0.717) is 17.1 Å². The Morgan fingerprint density at radius 3 is 2.43 bits per heavy atom. The van der Waals surface area contributed by atoms with Crippen molar-refractivity contribution in [3.05, 3.63) is 70.2 Å². The maximum atomic E-state index is 9.68. The Hall–Kier alpha value is -1.28. The molecule has 2 aromatic carbocycles. The summed E-state index contributed by atoms with van der Waals surface area (Å²) >= 11 is 11.6. The Labute approximate surface area is 152 Å². The van der Waals surface area contributed by atoms with Crippen LogP contribution in [0.25, 0.3) is 0 Å². The fraction of sp³-hybridized carbons (Fsp3) is 0.235. The summed E-state index contributed by atoms with van der Waals surface area (Å²) in [4.78, 5) is 0. The van der Waals surface area contributed by atoms with E-state index in [4.69, 9.17) is 28.5 Å². The first-order chi connectivity index (χ1) is 10.6. The van der Waals surface area contributed by atoms with Crippen LogP contribution in [0.15, 0.2) is 48.5 Å². The second-order valence-electron chi connectivity index (χ2n) is 4.94. The number of hydrogen-bond donors (Lipinski definition) is 2. The van der Waals surface area contributed by atoms with Crippen molar-refractivity contribution < 1.29 is 5.11 Å². The van der Waals surface area contributed by atoms with Crippen LogP contribution in [0.4, 0.5) is 0 Å². The highest BCUT2D eigenvalue weighted by Gasteiger charge is 2.15. The molecule has 0 saturated heterocycles. The number of alkyl halides is 1. The van der Waals surface area contributed by atoms with E-state index >= 15 is 0 Å². The Morgan fingerprint density at radius 2 is 1.83 bits per heavy atom. The molecule has 0 heterocycles. The van der Waals surface area contributed by atoms with E-state index in [1.54, 1.807) is 6.07 Å². The van der Waals surface area contributed by atoms with E-state index in [1.807, 2.05) is 42.5 Å². The lowest BCUT2D eigenvalue weighted by Crippen LogP contribution is -2.32. The van der Waals surface area contributed by atoms with Gasteiger partial charge in [-0.15, -0.1) is 24.0 Å². The number of aliphatic hydroxyl groups is 1. The third-order valence-corrected chi connectivity index (χ3v) is 3.90. The molecule has 3 nitrogen and oxygen atoms in total. The molecular weight excluding hydrogens is 355 g/mol. The number of hydrogen-bond acceptors (Lipinski definition) is 3. The SMILES string of the molecule is Cl.N#Cc1cccc([C@@H](NCC(O)CCl)c2ccc(Cl)cc2)c1. The Balaban J connectivity index is 0.00000264. The lowest BCUT2D eigenvalue weighted by atomic mass is 9.97. The second kappa shape index (κ2) is 9.77. The molecule has 0 aromatic heterocycles. The Kier molecular flexibility index (Phi) is 8.40. The summed E-state index contributed by atoms with van der Waals surface area (Å²) in [6, 6.07) is 16.9. The van der Waals surface area contributed by atoms with Crippen molar-refractivity contribution in [1.82, 2.24) is 5.32 Å². The van der Waals surface area contributed by atoms with E-state index in [2.05, 4.69) is 11.4 Å². The van der Waals surface area contributed by atoms with Crippen LogP contribution in [-0.4, -0.2) is 23.6 Å². The summed E-state index contributed by atoms with van der Waals surface area (Å²) in [7, 11) is 0. The van der Waals surface area contributed by atoms with Gasteiger partial charge in [0.05, 0.1) is 23.8 Å². The van der Waals surface area contributed by atoms with Gasteiger partial charge in [0, 0.05) is 17.4 Å². The normalized spacial score (nSPS) is 12.8. The smallest absolute Gasteiger partial charge is 0.0991 e. The molecule has 0 aliphatic rings. The largest absolute Gasteiger partial charge is 0.391 e. The van der Waals surface area contributed by atoms with Crippen LogP contribution >= 0.6 is 35.6 Å². The van der Waals surface area contributed by atoms with Gasteiger partial charge in [-0.1, -0.05) is 35.9 Å². The number of rotatable bonds is 6. The summed E-state index contributed by atoms with van der Waals surface area (Å²) in [6.45, 7) is 0.355. The molecule has 0 spiro atoms. The molecule has 2 atom stereocenters. The van der Waals surface area contributed by atoms with Gasteiger partial charge in [0.1, 0.15) is 0 Å². The van der Waals surface area contributed by atoms with Gasteiger partial charge in [0.25, 0.3) is 0 Å². The molecule has 0 saturated carbocycles. The van der Waals surface area contributed by atoms with Gasteiger partial charge >= 0.3 is 0 Å². The lowest BCUT2D eigenvalue weighted by molar-refractivity contribution is 0.191. The number of nitriles is 1. The van der Waals surface area contributed by atoms with Crippen molar-refractivity contribution in [2.45, 2.75) is 12.1 Å². The maximum Gasteiger partial charge on any atom is 0.0991 e. The zero-order chi connectivity index (χ0) is 15.9. The van der Waals surface area contributed by atoms with Crippen molar-refractivity contribution in [2.75, 3.05) is 12.4 Å². The average molecular weight is 372 g/mol. The van der Waals surface area contributed by atoms with Crippen molar-refractivity contribution in [3.63, 3.8) is 0 Å². The molecule has 1 unspecified atom stereocenters. The Morgan fingerprint density at radius 1 is 1.13 bits per heavy atom. The monoisotopic (exact) mass is 370 g/mol. The molecule has 0 radical (unpaired) electrons. The summed E-state index contributed by atoms with van der Waals surface area (Å²) in [6.07, 6.45) is -0.629. The first-order valence-electron chi connectivity index (χ1n) is 6.87. The van der Waals surface area contributed by atoms with Crippen LogP contribution in [0.2, 0.25) is 5.02 Å². The van der Waals surface area contributed by atoms with Crippen LogP contribution < -0.4 is 5.32 Å². The van der Waals surface area contributed by atoms with Crippen LogP contribution in [0.5, 0.6) is 0 Å². The van der Waals surface area contributed by atoms with Crippen molar-refractivity contribution >= 4 is 35.6 Å². The fourth-order valence-electron chi connectivity index (χ4n) is 2.18. The molecule has 6 heteroatoms. The summed E-state index contributed by atoms with van der Waals surface area (Å²) in [5.41, 5.74) is 2.54. The van der Waals surface area contributed by atoms with Crippen LogP contribution in [0, 0.1) is 11.3 Å². The first-order valence-corrected chi connectivity index (χ1v) is 7.78. The quantitative estimate of drug-likeness (QED) is 0.757. The lowest BCUT2D eigenvalue weighted by Gasteiger charge is -2.21. The third-order valence-electron chi connectivity index (χ3n) is 3.29. The number of nitrogens with zero attached hydrogens (tertiary/aromatic N) is 1. The molecule has 0 aliphatic heterocycles. The second-order valence-corrected chi connectivity index (χ2v) is 5.68. The van der Waals surface area contributed by atoms with Gasteiger partial charge in [-0.2, -0.15) is 5.26 Å². The minimum absolute atomic E-state index is 0.